The van der Waals surface area contributed by atoms with E-state index in [1.54, 1.807) is 19.4 Å². The van der Waals surface area contributed by atoms with E-state index in [1.165, 1.54) is 12.8 Å². The second kappa shape index (κ2) is 5.89. The summed E-state index contributed by atoms with van der Waals surface area (Å²) in [5, 5.41) is 9.06. The number of anilines is 2. The van der Waals surface area contributed by atoms with Crippen molar-refractivity contribution in [2.24, 2.45) is 5.92 Å². The van der Waals surface area contributed by atoms with E-state index in [1.807, 2.05) is 0 Å². The van der Waals surface area contributed by atoms with Gasteiger partial charge in [0.1, 0.15) is 6.07 Å². The lowest BCUT2D eigenvalue weighted by molar-refractivity contribution is 0.202. The van der Waals surface area contributed by atoms with Crippen molar-refractivity contribution in [3.8, 4) is 6.07 Å². The largest absolute Gasteiger partial charge is 0.395 e. The third-order valence-corrected chi connectivity index (χ3v) is 3.69. The number of rotatable bonds is 6. The number of methoxy groups -OCH3 is 1. The molecule has 1 fully saturated rings. The molecule has 102 valence electrons. The molecule has 0 bridgehead atoms. The van der Waals surface area contributed by atoms with Gasteiger partial charge in [-0.1, -0.05) is 0 Å². The third-order valence-electron chi connectivity index (χ3n) is 3.69. The molecule has 1 aliphatic rings. The van der Waals surface area contributed by atoms with E-state index < -0.39 is 0 Å². The fourth-order valence-corrected chi connectivity index (χ4v) is 2.31. The van der Waals surface area contributed by atoms with Crippen LogP contribution in [-0.2, 0) is 4.74 Å². The summed E-state index contributed by atoms with van der Waals surface area (Å²) in [6, 6.07) is 4.13. The highest BCUT2D eigenvalue weighted by molar-refractivity contribution is 5.70. The van der Waals surface area contributed by atoms with Crippen molar-refractivity contribution < 1.29 is 4.74 Å². The molecule has 1 aromatic heterocycles. The maximum absolute atomic E-state index is 9.06. The summed E-state index contributed by atoms with van der Waals surface area (Å²) in [4.78, 5) is 6.53. The van der Waals surface area contributed by atoms with Crippen molar-refractivity contribution in [1.82, 2.24) is 4.98 Å². The average molecular weight is 260 g/mol. The van der Waals surface area contributed by atoms with E-state index in [0.717, 1.165) is 6.54 Å². The minimum Gasteiger partial charge on any atom is -0.395 e. The van der Waals surface area contributed by atoms with Crippen LogP contribution in [0.2, 0.25) is 0 Å². The van der Waals surface area contributed by atoms with Gasteiger partial charge >= 0.3 is 0 Å². The minimum atomic E-state index is 0.374. The minimum absolute atomic E-state index is 0.374. The molecule has 2 rings (SSSR count). The summed E-state index contributed by atoms with van der Waals surface area (Å²) < 4.78 is 5.17. The maximum atomic E-state index is 9.06. The van der Waals surface area contributed by atoms with Crippen molar-refractivity contribution in [3.05, 3.63) is 17.8 Å². The molecular formula is C14H20N4O. The number of nitrogen functional groups attached to an aromatic ring is 1. The van der Waals surface area contributed by atoms with Crippen LogP contribution < -0.4 is 10.6 Å². The molecule has 2 N–H and O–H groups in total. The first-order chi connectivity index (χ1) is 9.19. The van der Waals surface area contributed by atoms with Gasteiger partial charge in [0.05, 0.1) is 17.9 Å². The molecule has 1 saturated carbocycles. The Bertz CT molecular complexity index is 479. The highest BCUT2D eigenvalue weighted by Crippen LogP contribution is 2.37. The van der Waals surface area contributed by atoms with E-state index in [2.05, 4.69) is 22.9 Å². The van der Waals surface area contributed by atoms with E-state index in [0.29, 0.717) is 35.6 Å². The second-order valence-electron chi connectivity index (χ2n) is 4.97. The Labute approximate surface area is 114 Å². The highest BCUT2D eigenvalue weighted by atomic mass is 16.5. The van der Waals surface area contributed by atoms with Gasteiger partial charge in [0.15, 0.2) is 5.82 Å². The Kier molecular flexibility index (Phi) is 4.23. The molecule has 19 heavy (non-hydrogen) atoms. The third kappa shape index (κ3) is 2.96. The molecule has 0 saturated heterocycles. The summed E-state index contributed by atoms with van der Waals surface area (Å²) in [7, 11) is 1.68. The number of pyridine rings is 1. The quantitative estimate of drug-likeness (QED) is 0.844. The first-order valence-electron chi connectivity index (χ1n) is 6.59. The average Bonchev–Trinajstić information content (AvgIpc) is 3.25. The first-order valence-corrected chi connectivity index (χ1v) is 6.59. The van der Waals surface area contributed by atoms with Crippen LogP contribution in [0.15, 0.2) is 12.3 Å². The van der Waals surface area contributed by atoms with Gasteiger partial charge in [-0.25, -0.2) is 4.98 Å². The predicted molar refractivity (Wildman–Crippen MR) is 74.8 cm³/mol. The zero-order valence-electron chi connectivity index (χ0n) is 11.5. The van der Waals surface area contributed by atoms with Crippen LogP contribution in [0.1, 0.15) is 25.3 Å². The summed E-state index contributed by atoms with van der Waals surface area (Å²) in [6.45, 7) is 3.54. The van der Waals surface area contributed by atoms with Crippen molar-refractivity contribution >= 4 is 11.5 Å². The number of nitriles is 1. The fraction of sp³-hybridized carbons (Fsp3) is 0.571. The maximum Gasteiger partial charge on any atom is 0.153 e. The standard InChI is InChI=1S/C14H20N4O/c1-10(11-3-4-11)18(7-8-19-2)14-13(16)12(9-15)5-6-17-14/h5-6,10-11H,3-4,7-8,16H2,1-2H3. The molecule has 0 amide bonds. The van der Waals surface area contributed by atoms with E-state index in [9.17, 15) is 0 Å². The lowest BCUT2D eigenvalue weighted by atomic mass is 10.1. The summed E-state index contributed by atoms with van der Waals surface area (Å²) in [5.41, 5.74) is 7.01. The van der Waals surface area contributed by atoms with Gasteiger partial charge in [0, 0.05) is 25.9 Å². The van der Waals surface area contributed by atoms with Gasteiger partial charge in [-0.3, -0.25) is 0 Å². The Hall–Kier alpha value is -1.80. The van der Waals surface area contributed by atoms with Crippen LogP contribution in [-0.4, -0.2) is 31.3 Å². The molecular weight excluding hydrogens is 240 g/mol. The van der Waals surface area contributed by atoms with Crippen LogP contribution >= 0.6 is 0 Å². The predicted octanol–water partition coefficient (Wildman–Crippen LogP) is 1.79. The molecule has 5 nitrogen and oxygen atoms in total. The number of ether oxygens (including phenoxy) is 1. The van der Waals surface area contributed by atoms with Gasteiger partial charge in [-0.2, -0.15) is 5.26 Å². The monoisotopic (exact) mass is 260 g/mol. The summed E-state index contributed by atoms with van der Waals surface area (Å²) in [5.74, 6) is 1.40. The van der Waals surface area contributed by atoms with E-state index >= 15 is 0 Å². The SMILES string of the molecule is COCCN(c1nccc(C#N)c1N)C(C)C1CC1. The molecule has 0 radical (unpaired) electrons. The molecule has 0 spiro atoms. The van der Waals surface area contributed by atoms with E-state index in [4.69, 9.17) is 15.7 Å². The van der Waals surface area contributed by atoms with Crippen LogP contribution in [0.25, 0.3) is 0 Å². The van der Waals surface area contributed by atoms with Gasteiger partial charge in [0.25, 0.3) is 0 Å². The molecule has 1 atom stereocenters. The number of nitrogens with zero attached hydrogens (tertiary/aromatic N) is 3. The van der Waals surface area contributed by atoms with Gasteiger partial charge in [0.2, 0.25) is 0 Å². The lowest BCUT2D eigenvalue weighted by Crippen LogP contribution is -2.38. The van der Waals surface area contributed by atoms with Crippen LogP contribution in [0.5, 0.6) is 0 Å². The zero-order chi connectivity index (χ0) is 13.8. The zero-order valence-corrected chi connectivity index (χ0v) is 11.5. The number of aromatic nitrogens is 1. The van der Waals surface area contributed by atoms with Gasteiger partial charge in [-0.05, 0) is 31.7 Å². The van der Waals surface area contributed by atoms with Crippen molar-refractivity contribution in [1.29, 1.82) is 5.26 Å². The number of hydrogen-bond donors (Lipinski definition) is 1. The normalized spacial score (nSPS) is 15.8. The van der Waals surface area contributed by atoms with Crippen LogP contribution in [0.4, 0.5) is 11.5 Å². The van der Waals surface area contributed by atoms with Crippen molar-refractivity contribution in [2.45, 2.75) is 25.8 Å². The van der Waals surface area contributed by atoms with Gasteiger partial charge in [-0.15, -0.1) is 0 Å². The summed E-state index contributed by atoms with van der Waals surface area (Å²) >= 11 is 0. The smallest absolute Gasteiger partial charge is 0.153 e. The molecule has 1 aromatic rings. The molecule has 0 aliphatic heterocycles. The number of nitrogens with two attached hydrogens (primary N) is 1. The molecule has 1 heterocycles. The Morgan fingerprint density at radius 3 is 2.95 bits per heavy atom. The van der Waals surface area contributed by atoms with Gasteiger partial charge < -0.3 is 15.4 Å². The first kappa shape index (κ1) is 13.6. The molecule has 5 heteroatoms. The molecule has 1 unspecified atom stereocenters. The Morgan fingerprint density at radius 2 is 2.37 bits per heavy atom. The number of hydrogen-bond acceptors (Lipinski definition) is 5. The topological polar surface area (TPSA) is 75.2 Å². The highest BCUT2D eigenvalue weighted by Gasteiger charge is 2.33. The second-order valence-corrected chi connectivity index (χ2v) is 4.97. The van der Waals surface area contributed by atoms with Crippen LogP contribution in [0.3, 0.4) is 0 Å². The van der Waals surface area contributed by atoms with Crippen LogP contribution in [0, 0.1) is 17.2 Å². The molecule has 1 aliphatic carbocycles. The van der Waals surface area contributed by atoms with E-state index in [-0.39, 0.29) is 0 Å². The fourth-order valence-electron chi connectivity index (χ4n) is 2.31. The Balaban J connectivity index is 2.29. The van der Waals surface area contributed by atoms with Crippen molar-refractivity contribution in [3.63, 3.8) is 0 Å². The summed E-state index contributed by atoms with van der Waals surface area (Å²) in [6.07, 6.45) is 4.15. The Morgan fingerprint density at radius 1 is 1.63 bits per heavy atom. The van der Waals surface area contributed by atoms with Crippen molar-refractivity contribution in [2.75, 3.05) is 30.9 Å². The lowest BCUT2D eigenvalue weighted by Gasteiger charge is -2.31. The molecule has 0 aromatic carbocycles.